The van der Waals surface area contributed by atoms with Gasteiger partial charge >= 0.3 is 0 Å². The molecule has 8 nitrogen and oxygen atoms in total. The Hall–Kier alpha value is -2.72. The number of rotatable bonds is 2. The lowest BCUT2D eigenvalue weighted by atomic mass is 10.2. The fourth-order valence-electron chi connectivity index (χ4n) is 2.19. The molecule has 4 rings (SSSR count). The van der Waals surface area contributed by atoms with Crippen molar-refractivity contribution in [1.82, 2.24) is 39.7 Å². The van der Waals surface area contributed by atoms with E-state index in [1.165, 1.54) is 0 Å². The van der Waals surface area contributed by atoms with Crippen molar-refractivity contribution < 1.29 is 0 Å². The van der Waals surface area contributed by atoms with Gasteiger partial charge in [-0.25, -0.2) is 19.3 Å². The smallest absolute Gasteiger partial charge is 0.213 e. The van der Waals surface area contributed by atoms with Crippen molar-refractivity contribution in [2.24, 2.45) is 0 Å². The van der Waals surface area contributed by atoms with Crippen molar-refractivity contribution in [3.05, 3.63) is 46.5 Å². The van der Waals surface area contributed by atoms with E-state index in [9.17, 15) is 0 Å². The first-order valence-electron chi connectivity index (χ1n) is 6.26. The number of aromatic nitrogens is 8. The van der Waals surface area contributed by atoms with Crippen molar-refractivity contribution in [2.75, 3.05) is 0 Å². The third-order valence-corrected chi connectivity index (χ3v) is 3.51. The molecule has 0 unspecified atom stereocenters. The number of aromatic amines is 2. The number of fused-ring (bicyclic) bond motifs is 1. The normalized spacial score (nSPS) is 11.1. The summed E-state index contributed by atoms with van der Waals surface area (Å²) in [4.78, 5) is 8.01. The topological polar surface area (TPSA) is 93.0 Å². The second-order valence-corrected chi connectivity index (χ2v) is 5.23. The molecule has 0 saturated carbocycles. The first kappa shape index (κ1) is 13.0. The summed E-state index contributed by atoms with van der Waals surface area (Å²) >= 11 is 9.99. The van der Waals surface area contributed by atoms with E-state index in [0.29, 0.717) is 21.2 Å². The highest BCUT2D eigenvalue weighted by molar-refractivity contribution is 7.71. The van der Waals surface area contributed by atoms with E-state index in [0.717, 1.165) is 10.8 Å². The number of benzene rings is 1. The van der Waals surface area contributed by atoms with Gasteiger partial charge in [-0.3, -0.25) is 10.2 Å². The summed E-state index contributed by atoms with van der Waals surface area (Å²) in [6.07, 6.45) is 3.15. The summed E-state index contributed by atoms with van der Waals surface area (Å²) in [7, 11) is 0. The lowest BCUT2D eigenvalue weighted by Gasteiger charge is -2.09. The molecule has 10 heteroatoms. The van der Waals surface area contributed by atoms with Crippen LogP contribution in [0.3, 0.4) is 0 Å². The molecular weight excluding hydrogens is 320 g/mol. The molecule has 1 aromatic carbocycles. The monoisotopic (exact) mass is 328 g/mol. The molecule has 0 aliphatic rings. The number of H-pyrrole nitrogens is 2. The Labute approximate surface area is 133 Å². The van der Waals surface area contributed by atoms with Gasteiger partial charge in [0.1, 0.15) is 12.7 Å². The average Bonchev–Trinajstić information content (AvgIpc) is 3.15. The van der Waals surface area contributed by atoms with E-state index < -0.39 is 0 Å². The molecule has 0 bridgehead atoms. The van der Waals surface area contributed by atoms with Gasteiger partial charge in [0.2, 0.25) is 9.54 Å². The maximum Gasteiger partial charge on any atom is 0.213 e. The Morgan fingerprint density at radius 2 is 1.23 bits per heavy atom. The zero-order valence-corrected chi connectivity index (χ0v) is 12.6. The molecule has 0 spiro atoms. The van der Waals surface area contributed by atoms with Gasteiger partial charge in [-0.1, -0.05) is 24.3 Å². The molecular formula is C12H8N8S2. The molecule has 0 aliphatic heterocycles. The molecule has 0 aliphatic carbocycles. The third-order valence-electron chi connectivity index (χ3n) is 3.12. The fraction of sp³-hybridized carbons (Fsp3) is 0. The summed E-state index contributed by atoms with van der Waals surface area (Å²) in [6.45, 7) is 0. The molecule has 0 atom stereocenters. The first-order chi connectivity index (χ1) is 10.7. The molecule has 0 amide bonds. The van der Waals surface area contributed by atoms with Crippen LogP contribution in [0.25, 0.3) is 22.4 Å². The predicted molar refractivity (Wildman–Crippen MR) is 84.2 cm³/mol. The molecule has 108 valence electrons. The van der Waals surface area contributed by atoms with Crippen LogP contribution in [0.1, 0.15) is 0 Å². The molecule has 3 aromatic heterocycles. The van der Waals surface area contributed by atoms with Crippen LogP contribution in [0.5, 0.6) is 0 Å². The maximum absolute atomic E-state index is 5.00. The van der Waals surface area contributed by atoms with Gasteiger partial charge < -0.3 is 0 Å². The highest BCUT2D eigenvalue weighted by Gasteiger charge is 2.12. The van der Waals surface area contributed by atoms with E-state index >= 15 is 0 Å². The van der Waals surface area contributed by atoms with E-state index in [1.54, 1.807) is 22.0 Å². The Kier molecular flexibility index (Phi) is 2.91. The maximum atomic E-state index is 5.00. The van der Waals surface area contributed by atoms with Crippen LogP contribution in [0.4, 0.5) is 0 Å². The van der Waals surface area contributed by atoms with Gasteiger partial charge in [0, 0.05) is 10.8 Å². The molecule has 4 aromatic rings. The molecule has 2 N–H and O–H groups in total. The second kappa shape index (κ2) is 4.93. The van der Waals surface area contributed by atoms with Gasteiger partial charge in [-0.2, -0.15) is 0 Å². The number of hydrogen-bond acceptors (Lipinski definition) is 6. The molecule has 0 radical (unpaired) electrons. The molecule has 3 heterocycles. The van der Waals surface area contributed by atoms with Crippen molar-refractivity contribution in [3.63, 3.8) is 0 Å². The summed E-state index contributed by atoms with van der Waals surface area (Å²) < 4.78 is 4.04. The number of nitrogens with one attached hydrogen (secondary N) is 2. The van der Waals surface area contributed by atoms with Crippen LogP contribution in [0.2, 0.25) is 0 Å². The SMILES string of the molecule is S=c1ncn(-c2nnc(-n3cnc(=S)[nH]3)c3ccccc23)[nH]1. The van der Waals surface area contributed by atoms with Crippen LogP contribution in [-0.2, 0) is 0 Å². The number of hydrogen-bond donors (Lipinski definition) is 2. The number of nitrogens with zero attached hydrogens (tertiary/aromatic N) is 6. The largest absolute Gasteiger partial charge is 0.265 e. The van der Waals surface area contributed by atoms with Crippen LogP contribution in [0.15, 0.2) is 36.9 Å². The zero-order valence-electron chi connectivity index (χ0n) is 11.0. The standard InChI is InChI=1S/C12H8N8S2/c21-11-13-5-19(17-11)9-7-3-1-2-4-8(7)10(16-15-9)20-6-14-12(22)18-20/h1-6H,(H,17,21)(H,18,22). The van der Waals surface area contributed by atoms with E-state index in [2.05, 4.69) is 30.4 Å². The van der Waals surface area contributed by atoms with Gasteiger partial charge in [0.15, 0.2) is 11.6 Å². The van der Waals surface area contributed by atoms with Crippen molar-refractivity contribution >= 4 is 35.2 Å². The minimum absolute atomic E-state index is 0.383. The molecule has 22 heavy (non-hydrogen) atoms. The Morgan fingerprint density at radius 1 is 0.773 bits per heavy atom. The summed E-state index contributed by atoms with van der Waals surface area (Å²) in [6, 6.07) is 7.76. The van der Waals surface area contributed by atoms with Gasteiger partial charge in [0.25, 0.3) is 0 Å². The van der Waals surface area contributed by atoms with Gasteiger partial charge in [-0.05, 0) is 24.4 Å². The van der Waals surface area contributed by atoms with Gasteiger partial charge in [0.05, 0.1) is 0 Å². The molecule has 0 saturated heterocycles. The highest BCUT2D eigenvalue weighted by Crippen LogP contribution is 2.23. The lowest BCUT2D eigenvalue weighted by molar-refractivity contribution is 0.782. The van der Waals surface area contributed by atoms with Crippen LogP contribution in [-0.4, -0.2) is 39.7 Å². The Balaban J connectivity index is 2.03. The van der Waals surface area contributed by atoms with Crippen LogP contribution in [0, 0.1) is 9.54 Å². The van der Waals surface area contributed by atoms with Gasteiger partial charge in [-0.15, -0.1) is 10.2 Å². The van der Waals surface area contributed by atoms with Crippen LogP contribution >= 0.6 is 24.4 Å². The Morgan fingerprint density at radius 3 is 1.59 bits per heavy atom. The third kappa shape index (κ3) is 2.05. The van der Waals surface area contributed by atoms with Crippen molar-refractivity contribution in [1.29, 1.82) is 0 Å². The minimum atomic E-state index is 0.383. The summed E-state index contributed by atoms with van der Waals surface area (Å²) in [5.74, 6) is 1.23. The minimum Gasteiger partial charge on any atom is -0.265 e. The quantitative estimate of drug-likeness (QED) is 0.548. The lowest BCUT2D eigenvalue weighted by Crippen LogP contribution is -2.06. The highest BCUT2D eigenvalue weighted by atomic mass is 32.1. The fourth-order valence-corrected chi connectivity index (χ4v) is 2.48. The van der Waals surface area contributed by atoms with Crippen molar-refractivity contribution in [3.8, 4) is 11.6 Å². The first-order valence-corrected chi connectivity index (χ1v) is 7.07. The summed E-state index contributed by atoms with van der Waals surface area (Å²) in [5, 5.41) is 16.2. The summed E-state index contributed by atoms with van der Waals surface area (Å²) in [5.41, 5.74) is 0. The van der Waals surface area contributed by atoms with Crippen molar-refractivity contribution in [2.45, 2.75) is 0 Å². The van der Waals surface area contributed by atoms with E-state index in [4.69, 9.17) is 24.4 Å². The predicted octanol–water partition coefficient (Wildman–Crippen LogP) is 2.12. The zero-order chi connectivity index (χ0) is 15.1. The molecule has 0 fully saturated rings. The van der Waals surface area contributed by atoms with E-state index in [-0.39, 0.29) is 0 Å². The van der Waals surface area contributed by atoms with Crippen LogP contribution < -0.4 is 0 Å². The Bertz CT molecular complexity index is 999. The van der Waals surface area contributed by atoms with E-state index in [1.807, 2.05) is 24.3 Å². The second-order valence-electron chi connectivity index (χ2n) is 4.46. The average molecular weight is 328 g/mol.